The van der Waals surface area contributed by atoms with Crippen LogP contribution in [0.5, 0.6) is 0 Å². The number of rotatable bonds is 3. The lowest BCUT2D eigenvalue weighted by Gasteiger charge is -2.07. The fourth-order valence-corrected chi connectivity index (χ4v) is 2.96. The van der Waals surface area contributed by atoms with Gasteiger partial charge < -0.3 is 5.32 Å². The zero-order valence-corrected chi connectivity index (χ0v) is 12.8. The van der Waals surface area contributed by atoms with Crippen LogP contribution in [-0.4, -0.2) is 16.7 Å². The summed E-state index contributed by atoms with van der Waals surface area (Å²) >= 11 is 0. The van der Waals surface area contributed by atoms with Crippen molar-refractivity contribution in [3.63, 3.8) is 0 Å². The van der Waals surface area contributed by atoms with Crippen LogP contribution in [0.2, 0.25) is 0 Å². The van der Waals surface area contributed by atoms with E-state index in [9.17, 15) is 9.59 Å². The molecule has 0 saturated heterocycles. The van der Waals surface area contributed by atoms with Gasteiger partial charge in [0, 0.05) is 35.6 Å². The van der Waals surface area contributed by atoms with Crippen molar-refractivity contribution in [1.29, 1.82) is 0 Å². The molecule has 116 valence electrons. The predicted octanol–water partition coefficient (Wildman–Crippen LogP) is 3.22. The van der Waals surface area contributed by atoms with Crippen molar-refractivity contribution >= 4 is 11.7 Å². The van der Waals surface area contributed by atoms with E-state index >= 15 is 0 Å². The molecule has 4 nitrogen and oxygen atoms in total. The lowest BCUT2D eigenvalue weighted by atomic mass is 10.0. The molecule has 0 aliphatic heterocycles. The average molecular weight is 314 g/mol. The number of nitrogens with zero attached hydrogens (tertiary/aromatic N) is 1. The van der Waals surface area contributed by atoms with Gasteiger partial charge in [-0.15, -0.1) is 0 Å². The number of carbonyl (C=O) groups excluding carboxylic acids is 2. The Morgan fingerprint density at radius 2 is 1.71 bits per heavy atom. The van der Waals surface area contributed by atoms with Gasteiger partial charge in [0.05, 0.1) is 0 Å². The van der Waals surface area contributed by atoms with Crippen LogP contribution in [0.3, 0.4) is 0 Å². The monoisotopic (exact) mass is 314 g/mol. The van der Waals surface area contributed by atoms with Crippen molar-refractivity contribution in [3.8, 4) is 11.1 Å². The van der Waals surface area contributed by atoms with Crippen molar-refractivity contribution in [1.82, 2.24) is 10.3 Å². The van der Waals surface area contributed by atoms with E-state index in [4.69, 9.17) is 0 Å². The predicted molar refractivity (Wildman–Crippen MR) is 90.7 cm³/mol. The highest BCUT2D eigenvalue weighted by molar-refractivity contribution is 6.22. The highest BCUT2D eigenvalue weighted by atomic mass is 16.1. The van der Waals surface area contributed by atoms with E-state index in [0.717, 1.165) is 16.7 Å². The highest BCUT2D eigenvalue weighted by Gasteiger charge is 2.26. The quantitative estimate of drug-likeness (QED) is 0.631. The standard InChI is InChI=1S/C20H14N2O2/c23-19-17-6-2-1-5-15(17)16-8-7-14(10-18(16)19)20(24)22-12-13-4-3-9-21-11-13/h1-11H,12H2,(H,22,24). The molecule has 1 aliphatic rings. The summed E-state index contributed by atoms with van der Waals surface area (Å²) in [5.41, 5.74) is 4.51. The molecule has 0 spiro atoms. The highest BCUT2D eigenvalue weighted by Crippen LogP contribution is 2.36. The maximum atomic E-state index is 12.5. The molecule has 0 atom stereocenters. The third-order valence-electron chi connectivity index (χ3n) is 4.16. The molecular weight excluding hydrogens is 300 g/mol. The first-order chi connectivity index (χ1) is 11.7. The Morgan fingerprint density at radius 1 is 0.917 bits per heavy atom. The molecule has 0 radical (unpaired) electrons. The fraction of sp³-hybridized carbons (Fsp3) is 0.0500. The van der Waals surface area contributed by atoms with Crippen molar-refractivity contribution in [2.24, 2.45) is 0 Å². The van der Waals surface area contributed by atoms with Gasteiger partial charge >= 0.3 is 0 Å². The second-order valence-electron chi connectivity index (χ2n) is 5.68. The lowest BCUT2D eigenvalue weighted by Crippen LogP contribution is -2.23. The molecule has 0 saturated carbocycles. The van der Waals surface area contributed by atoms with Crippen molar-refractivity contribution in [2.75, 3.05) is 0 Å². The summed E-state index contributed by atoms with van der Waals surface area (Å²) in [4.78, 5) is 28.9. The summed E-state index contributed by atoms with van der Waals surface area (Å²) in [6, 6.07) is 16.5. The molecule has 4 rings (SSSR count). The third kappa shape index (κ3) is 2.38. The third-order valence-corrected chi connectivity index (χ3v) is 4.16. The number of fused-ring (bicyclic) bond motifs is 3. The first-order valence-electron chi connectivity index (χ1n) is 7.69. The van der Waals surface area contributed by atoms with E-state index in [0.29, 0.717) is 23.2 Å². The SMILES string of the molecule is O=C(NCc1cccnc1)c1ccc2c(c1)C(=O)c1ccccc1-2. The zero-order chi connectivity index (χ0) is 16.5. The molecule has 1 N–H and O–H groups in total. The van der Waals surface area contributed by atoms with Gasteiger partial charge in [0.1, 0.15) is 0 Å². The Labute approximate surface area is 139 Å². The van der Waals surface area contributed by atoms with Gasteiger partial charge in [0.25, 0.3) is 5.91 Å². The van der Waals surface area contributed by atoms with Crippen LogP contribution < -0.4 is 5.32 Å². The van der Waals surface area contributed by atoms with Gasteiger partial charge in [-0.2, -0.15) is 0 Å². The smallest absolute Gasteiger partial charge is 0.251 e. The van der Waals surface area contributed by atoms with Gasteiger partial charge in [-0.1, -0.05) is 36.4 Å². The molecule has 24 heavy (non-hydrogen) atoms. The molecule has 1 heterocycles. The fourth-order valence-electron chi connectivity index (χ4n) is 2.96. The Bertz CT molecular complexity index is 949. The Morgan fingerprint density at radius 3 is 2.50 bits per heavy atom. The van der Waals surface area contributed by atoms with Crippen LogP contribution in [0.15, 0.2) is 67.0 Å². The van der Waals surface area contributed by atoms with Crippen molar-refractivity contribution < 1.29 is 9.59 Å². The number of amides is 1. The average Bonchev–Trinajstić information content (AvgIpc) is 2.93. The second kappa shape index (κ2) is 5.74. The van der Waals surface area contributed by atoms with E-state index in [1.54, 1.807) is 24.5 Å². The van der Waals surface area contributed by atoms with Crippen LogP contribution in [0.1, 0.15) is 31.8 Å². The van der Waals surface area contributed by atoms with Crippen LogP contribution >= 0.6 is 0 Å². The largest absolute Gasteiger partial charge is 0.348 e. The Balaban J connectivity index is 1.58. The summed E-state index contributed by atoms with van der Waals surface area (Å²) in [6.45, 7) is 0.401. The molecule has 0 fully saturated rings. The summed E-state index contributed by atoms with van der Waals surface area (Å²) in [5, 5.41) is 2.85. The number of carbonyl (C=O) groups is 2. The first kappa shape index (κ1) is 14.3. The minimum atomic E-state index is -0.203. The number of hydrogen-bond donors (Lipinski definition) is 1. The second-order valence-corrected chi connectivity index (χ2v) is 5.68. The normalized spacial score (nSPS) is 11.8. The zero-order valence-electron chi connectivity index (χ0n) is 12.8. The van der Waals surface area contributed by atoms with E-state index in [1.807, 2.05) is 42.5 Å². The molecule has 3 aromatic rings. The summed E-state index contributed by atoms with van der Waals surface area (Å²) in [5.74, 6) is -0.229. The summed E-state index contributed by atoms with van der Waals surface area (Å²) in [6.07, 6.45) is 3.40. The maximum absolute atomic E-state index is 12.5. The van der Waals surface area contributed by atoms with E-state index in [-0.39, 0.29) is 11.7 Å². The molecular formula is C20H14N2O2. The first-order valence-corrected chi connectivity index (χ1v) is 7.69. The minimum Gasteiger partial charge on any atom is -0.348 e. The number of hydrogen-bond acceptors (Lipinski definition) is 3. The van der Waals surface area contributed by atoms with Gasteiger partial charge in [0.15, 0.2) is 5.78 Å². The Hall–Kier alpha value is -3.27. The van der Waals surface area contributed by atoms with E-state index in [2.05, 4.69) is 10.3 Å². The lowest BCUT2D eigenvalue weighted by molar-refractivity contribution is 0.0951. The maximum Gasteiger partial charge on any atom is 0.251 e. The van der Waals surface area contributed by atoms with Crippen LogP contribution in [0.25, 0.3) is 11.1 Å². The molecule has 2 aromatic carbocycles. The topological polar surface area (TPSA) is 59.1 Å². The van der Waals surface area contributed by atoms with Gasteiger partial charge in [0.2, 0.25) is 0 Å². The van der Waals surface area contributed by atoms with Gasteiger partial charge in [-0.3, -0.25) is 14.6 Å². The minimum absolute atomic E-state index is 0.0255. The molecule has 1 aromatic heterocycles. The summed E-state index contributed by atoms with van der Waals surface area (Å²) < 4.78 is 0. The number of pyridine rings is 1. The summed E-state index contributed by atoms with van der Waals surface area (Å²) in [7, 11) is 0. The van der Waals surface area contributed by atoms with E-state index in [1.165, 1.54) is 0 Å². The molecule has 0 unspecified atom stereocenters. The van der Waals surface area contributed by atoms with Crippen LogP contribution in [0.4, 0.5) is 0 Å². The van der Waals surface area contributed by atoms with Gasteiger partial charge in [-0.25, -0.2) is 0 Å². The van der Waals surface area contributed by atoms with Crippen LogP contribution in [0, 0.1) is 0 Å². The number of nitrogens with one attached hydrogen (secondary N) is 1. The molecule has 4 heteroatoms. The van der Waals surface area contributed by atoms with Crippen molar-refractivity contribution in [3.05, 3.63) is 89.2 Å². The number of aromatic nitrogens is 1. The van der Waals surface area contributed by atoms with Crippen LogP contribution in [-0.2, 0) is 6.54 Å². The van der Waals surface area contributed by atoms with Gasteiger partial charge in [-0.05, 0) is 34.9 Å². The molecule has 1 amide bonds. The molecule has 0 bridgehead atoms. The van der Waals surface area contributed by atoms with E-state index < -0.39 is 0 Å². The van der Waals surface area contributed by atoms with Crippen molar-refractivity contribution in [2.45, 2.75) is 6.54 Å². The number of benzene rings is 2. The Kier molecular flexibility index (Phi) is 3.43. The molecule has 1 aliphatic carbocycles. The number of ketones is 1.